The van der Waals surface area contributed by atoms with E-state index in [2.05, 4.69) is 5.32 Å². The Hall–Kier alpha value is -0.290. The molecule has 0 saturated carbocycles. The second-order valence-corrected chi connectivity index (χ2v) is 5.71. The number of halogens is 2. The van der Waals surface area contributed by atoms with Gasteiger partial charge in [0.2, 0.25) is 5.91 Å². The SMILES string of the molecule is CCN(Cc1ccc(Cl)s1)C(=O)C1CNC1.Cl. The maximum absolute atomic E-state index is 12.0. The van der Waals surface area contributed by atoms with E-state index in [1.54, 1.807) is 11.3 Å². The molecule has 0 radical (unpaired) electrons. The Morgan fingerprint density at radius 2 is 2.29 bits per heavy atom. The largest absolute Gasteiger partial charge is 0.338 e. The molecule has 3 nitrogen and oxygen atoms in total. The van der Waals surface area contributed by atoms with Gasteiger partial charge >= 0.3 is 0 Å². The van der Waals surface area contributed by atoms with Gasteiger partial charge in [-0.3, -0.25) is 4.79 Å². The van der Waals surface area contributed by atoms with Crippen LogP contribution in [0.4, 0.5) is 0 Å². The summed E-state index contributed by atoms with van der Waals surface area (Å²) < 4.78 is 0.781. The normalized spacial score (nSPS) is 14.9. The van der Waals surface area contributed by atoms with Gasteiger partial charge in [-0.25, -0.2) is 0 Å². The highest BCUT2D eigenvalue weighted by Gasteiger charge is 2.28. The average Bonchev–Trinajstić information content (AvgIpc) is 2.57. The number of nitrogens with zero attached hydrogens (tertiary/aromatic N) is 1. The second kappa shape index (κ2) is 6.59. The molecule has 1 aromatic rings. The van der Waals surface area contributed by atoms with Crippen LogP contribution in [0.3, 0.4) is 0 Å². The Kier molecular flexibility index (Phi) is 5.73. The van der Waals surface area contributed by atoms with Gasteiger partial charge in [0.05, 0.1) is 16.8 Å². The number of rotatable bonds is 4. The molecule has 0 atom stereocenters. The number of hydrogen-bond acceptors (Lipinski definition) is 3. The van der Waals surface area contributed by atoms with E-state index in [1.807, 2.05) is 24.0 Å². The third-order valence-electron chi connectivity index (χ3n) is 2.80. The van der Waals surface area contributed by atoms with Gasteiger partial charge in [-0.15, -0.1) is 23.7 Å². The third kappa shape index (κ3) is 3.58. The quantitative estimate of drug-likeness (QED) is 0.925. The fourth-order valence-electron chi connectivity index (χ4n) is 1.69. The van der Waals surface area contributed by atoms with Crippen molar-refractivity contribution in [3.05, 3.63) is 21.3 Å². The first-order valence-electron chi connectivity index (χ1n) is 5.44. The summed E-state index contributed by atoms with van der Waals surface area (Å²) >= 11 is 7.41. The second-order valence-electron chi connectivity index (χ2n) is 3.91. The molecule has 2 heterocycles. The first kappa shape index (κ1) is 14.8. The molecule has 0 spiro atoms. The van der Waals surface area contributed by atoms with E-state index in [1.165, 1.54) is 0 Å². The molecule has 0 aliphatic carbocycles. The van der Waals surface area contributed by atoms with E-state index in [9.17, 15) is 4.79 Å². The Labute approximate surface area is 117 Å². The van der Waals surface area contributed by atoms with Gasteiger partial charge in [0.1, 0.15) is 0 Å². The van der Waals surface area contributed by atoms with Crippen molar-refractivity contribution in [2.24, 2.45) is 5.92 Å². The van der Waals surface area contributed by atoms with E-state index in [-0.39, 0.29) is 24.2 Å². The highest BCUT2D eigenvalue weighted by molar-refractivity contribution is 7.16. The molecular weight excluding hydrogens is 279 g/mol. The van der Waals surface area contributed by atoms with E-state index in [4.69, 9.17) is 11.6 Å². The maximum Gasteiger partial charge on any atom is 0.228 e. The molecule has 0 bridgehead atoms. The number of hydrogen-bond donors (Lipinski definition) is 1. The molecule has 0 aromatic carbocycles. The number of thiophene rings is 1. The summed E-state index contributed by atoms with van der Waals surface area (Å²) in [6.45, 7) is 5.09. The van der Waals surface area contributed by atoms with Crippen LogP contribution in [0.25, 0.3) is 0 Å². The van der Waals surface area contributed by atoms with Crippen molar-refractivity contribution in [3.63, 3.8) is 0 Å². The summed E-state index contributed by atoms with van der Waals surface area (Å²) in [5, 5.41) is 3.12. The number of nitrogens with one attached hydrogen (secondary N) is 1. The zero-order valence-corrected chi connectivity index (χ0v) is 12.0. The standard InChI is InChI=1S/C11H15ClN2OS.ClH/c1-2-14(11(15)8-5-13-6-8)7-9-3-4-10(12)16-9;/h3-4,8,13H,2,5-7H2,1H3;1H. The lowest BCUT2D eigenvalue weighted by molar-refractivity contribution is -0.137. The molecule has 1 aliphatic rings. The smallest absolute Gasteiger partial charge is 0.228 e. The Morgan fingerprint density at radius 3 is 2.71 bits per heavy atom. The lowest BCUT2D eigenvalue weighted by atomic mass is 10.0. The van der Waals surface area contributed by atoms with Crippen molar-refractivity contribution in [1.82, 2.24) is 10.2 Å². The van der Waals surface area contributed by atoms with Crippen LogP contribution in [0.5, 0.6) is 0 Å². The van der Waals surface area contributed by atoms with E-state index in [0.29, 0.717) is 6.54 Å². The fraction of sp³-hybridized carbons (Fsp3) is 0.545. The first-order chi connectivity index (χ1) is 7.70. The zero-order valence-electron chi connectivity index (χ0n) is 9.61. The van der Waals surface area contributed by atoms with Crippen LogP contribution in [0.1, 0.15) is 11.8 Å². The monoisotopic (exact) mass is 294 g/mol. The lowest BCUT2D eigenvalue weighted by Gasteiger charge is -2.31. The summed E-state index contributed by atoms with van der Waals surface area (Å²) in [5.41, 5.74) is 0. The summed E-state index contributed by atoms with van der Waals surface area (Å²) in [4.78, 5) is 15.1. The molecule has 6 heteroatoms. The van der Waals surface area contributed by atoms with Crippen molar-refractivity contribution in [2.75, 3.05) is 19.6 Å². The third-order valence-corrected chi connectivity index (χ3v) is 4.02. The first-order valence-corrected chi connectivity index (χ1v) is 6.64. The van der Waals surface area contributed by atoms with E-state index < -0.39 is 0 Å². The molecule has 1 N–H and O–H groups in total. The summed E-state index contributed by atoms with van der Waals surface area (Å²) in [7, 11) is 0. The van der Waals surface area contributed by atoms with Crippen LogP contribution >= 0.6 is 35.3 Å². The molecule has 2 rings (SSSR count). The highest BCUT2D eigenvalue weighted by atomic mass is 35.5. The van der Waals surface area contributed by atoms with Crippen LogP contribution in [-0.4, -0.2) is 30.4 Å². The van der Waals surface area contributed by atoms with Gasteiger partial charge in [-0.1, -0.05) is 11.6 Å². The Balaban J connectivity index is 0.00000144. The molecule has 1 aliphatic heterocycles. The molecular formula is C11H16Cl2N2OS. The van der Waals surface area contributed by atoms with Gasteiger partial charge in [-0.2, -0.15) is 0 Å². The minimum atomic E-state index is 0. The lowest BCUT2D eigenvalue weighted by Crippen LogP contribution is -2.51. The summed E-state index contributed by atoms with van der Waals surface area (Å²) in [6, 6.07) is 3.87. The number of carbonyl (C=O) groups excluding carboxylic acids is 1. The minimum absolute atomic E-state index is 0. The molecule has 17 heavy (non-hydrogen) atoms. The van der Waals surface area contributed by atoms with E-state index >= 15 is 0 Å². The molecule has 1 saturated heterocycles. The molecule has 0 unspecified atom stereocenters. The molecule has 1 amide bonds. The van der Waals surface area contributed by atoms with Gasteiger partial charge in [0.25, 0.3) is 0 Å². The van der Waals surface area contributed by atoms with Gasteiger partial charge in [0.15, 0.2) is 0 Å². The van der Waals surface area contributed by atoms with E-state index in [0.717, 1.165) is 28.8 Å². The molecule has 1 fully saturated rings. The van der Waals surface area contributed by atoms with Crippen LogP contribution in [-0.2, 0) is 11.3 Å². The zero-order chi connectivity index (χ0) is 11.5. The van der Waals surface area contributed by atoms with Crippen molar-refractivity contribution >= 4 is 41.3 Å². The maximum atomic E-state index is 12.0. The molecule has 1 aromatic heterocycles. The predicted octanol–water partition coefficient (Wildman–Crippen LogP) is 2.39. The number of carbonyl (C=O) groups is 1. The highest BCUT2D eigenvalue weighted by Crippen LogP contribution is 2.23. The fourth-order valence-corrected chi connectivity index (χ4v) is 2.80. The minimum Gasteiger partial charge on any atom is -0.338 e. The van der Waals surface area contributed by atoms with Gasteiger partial charge < -0.3 is 10.2 Å². The van der Waals surface area contributed by atoms with Crippen LogP contribution < -0.4 is 5.32 Å². The summed E-state index contributed by atoms with van der Waals surface area (Å²) in [6.07, 6.45) is 0. The van der Waals surface area contributed by atoms with Crippen molar-refractivity contribution in [3.8, 4) is 0 Å². The van der Waals surface area contributed by atoms with Gasteiger partial charge in [-0.05, 0) is 19.1 Å². The Morgan fingerprint density at radius 1 is 1.59 bits per heavy atom. The van der Waals surface area contributed by atoms with Crippen molar-refractivity contribution in [2.45, 2.75) is 13.5 Å². The summed E-state index contributed by atoms with van der Waals surface area (Å²) in [5.74, 6) is 0.432. The van der Waals surface area contributed by atoms with Crippen LogP contribution in [0.15, 0.2) is 12.1 Å². The number of amides is 1. The van der Waals surface area contributed by atoms with Crippen molar-refractivity contribution < 1.29 is 4.79 Å². The topological polar surface area (TPSA) is 32.3 Å². The Bertz CT molecular complexity index is 379. The van der Waals surface area contributed by atoms with Gasteiger partial charge in [0, 0.05) is 24.5 Å². The van der Waals surface area contributed by atoms with Crippen LogP contribution in [0, 0.1) is 5.92 Å². The molecule has 96 valence electrons. The predicted molar refractivity (Wildman–Crippen MR) is 74.0 cm³/mol. The van der Waals surface area contributed by atoms with Crippen LogP contribution in [0.2, 0.25) is 4.34 Å². The van der Waals surface area contributed by atoms with Crippen molar-refractivity contribution in [1.29, 1.82) is 0 Å². The average molecular weight is 295 g/mol.